The summed E-state index contributed by atoms with van der Waals surface area (Å²) in [6, 6.07) is 11.3. The van der Waals surface area contributed by atoms with E-state index >= 15 is 0 Å². The molecule has 0 aliphatic carbocycles. The predicted molar refractivity (Wildman–Crippen MR) is 90.7 cm³/mol. The van der Waals surface area contributed by atoms with E-state index in [4.69, 9.17) is 4.74 Å². The van der Waals surface area contributed by atoms with Gasteiger partial charge in [-0.25, -0.2) is 4.79 Å². The summed E-state index contributed by atoms with van der Waals surface area (Å²) in [5, 5.41) is 13.6. The molecule has 0 fully saturated rings. The maximum absolute atomic E-state index is 12.1. The molecule has 0 aliphatic heterocycles. The van der Waals surface area contributed by atoms with Crippen LogP contribution in [0.2, 0.25) is 0 Å². The van der Waals surface area contributed by atoms with Gasteiger partial charge < -0.3 is 10.1 Å². The molecule has 3 aromatic rings. The van der Waals surface area contributed by atoms with Crippen molar-refractivity contribution < 1.29 is 9.53 Å². The standard InChI is InChI=1S/C17H19N5O2/c1-12-7-8-22-15(9-12)20-21-16(22)19-17(23)18-10-13-5-3-4-6-14(13)11-24-2/h3-9H,10-11H2,1-2H3,(H2,18,19,21,23). The lowest BCUT2D eigenvalue weighted by Gasteiger charge is -2.10. The fraction of sp³-hybridized carbons (Fsp3) is 0.235. The van der Waals surface area contributed by atoms with Crippen LogP contribution in [0.1, 0.15) is 16.7 Å². The van der Waals surface area contributed by atoms with Crippen LogP contribution in [0.3, 0.4) is 0 Å². The van der Waals surface area contributed by atoms with Crippen molar-refractivity contribution in [1.82, 2.24) is 19.9 Å². The Labute approximate surface area is 139 Å². The molecule has 0 saturated heterocycles. The summed E-state index contributed by atoms with van der Waals surface area (Å²) in [6.07, 6.45) is 1.83. The van der Waals surface area contributed by atoms with Gasteiger partial charge in [-0.3, -0.25) is 9.72 Å². The average molecular weight is 325 g/mol. The summed E-state index contributed by atoms with van der Waals surface area (Å²) in [6.45, 7) is 2.89. The molecule has 0 aliphatic rings. The molecule has 0 unspecified atom stereocenters. The van der Waals surface area contributed by atoms with Crippen molar-refractivity contribution in [1.29, 1.82) is 0 Å². The molecule has 0 bridgehead atoms. The zero-order valence-electron chi connectivity index (χ0n) is 13.6. The van der Waals surface area contributed by atoms with Crippen molar-refractivity contribution in [3.05, 3.63) is 59.3 Å². The summed E-state index contributed by atoms with van der Waals surface area (Å²) >= 11 is 0. The number of ether oxygens (including phenoxy) is 1. The van der Waals surface area contributed by atoms with Crippen LogP contribution in [-0.4, -0.2) is 27.7 Å². The van der Waals surface area contributed by atoms with Crippen molar-refractivity contribution in [3.8, 4) is 0 Å². The first-order valence-corrected chi connectivity index (χ1v) is 7.59. The third kappa shape index (κ3) is 3.52. The fourth-order valence-corrected chi connectivity index (χ4v) is 2.43. The summed E-state index contributed by atoms with van der Waals surface area (Å²) in [4.78, 5) is 12.1. The minimum absolute atomic E-state index is 0.336. The molecule has 0 spiro atoms. The van der Waals surface area contributed by atoms with Crippen LogP contribution in [0.4, 0.5) is 10.7 Å². The Morgan fingerprint density at radius 1 is 1.21 bits per heavy atom. The minimum Gasteiger partial charge on any atom is -0.380 e. The van der Waals surface area contributed by atoms with E-state index in [-0.39, 0.29) is 6.03 Å². The van der Waals surface area contributed by atoms with E-state index in [0.29, 0.717) is 24.7 Å². The molecule has 0 atom stereocenters. The number of rotatable bonds is 5. The van der Waals surface area contributed by atoms with Gasteiger partial charge in [0.1, 0.15) is 0 Å². The molecule has 0 saturated carbocycles. The van der Waals surface area contributed by atoms with Crippen LogP contribution in [0.5, 0.6) is 0 Å². The lowest BCUT2D eigenvalue weighted by molar-refractivity contribution is 0.184. The van der Waals surface area contributed by atoms with Gasteiger partial charge in [0.25, 0.3) is 0 Å². The van der Waals surface area contributed by atoms with Gasteiger partial charge >= 0.3 is 6.03 Å². The Morgan fingerprint density at radius 2 is 2.00 bits per heavy atom. The summed E-state index contributed by atoms with van der Waals surface area (Å²) < 4.78 is 6.90. The van der Waals surface area contributed by atoms with E-state index < -0.39 is 0 Å². The van der Waals surface area contributed by atoms with Gasteiger partial charge in [0.05, 0.1) is 6.61 Å². The molecule has 1 aromatic carbocycles. The third-order valence-electron chi connectivity index (χ3n) is 3.65. The van der Waals surface area contributed by atoms with Gasteiger partial charge in [0.15, 0.2) is 5.65 Å². The minimum atomic E-state index is -0.336. The Balaban J connectivity index is 1.65. The van der Waals surface area contributed by atoms with Crippen molar-refractivity contribution in [2.75, 3.05) is 12.4 Å². The van der Waals surface area contributed by atoms with Crippen LogP contribution >= 0.6 is 0 Å². The predicted octanol–water partition coefficient (Wildman–Crippen LogP) is 2.51. The van der Waals surface area contributed by atoms with Gasteiger partial charge in [-0.1, -0.05) is 24.3 Å². The number of hydrogen-bond acceptors (Lipinski definition) is 4. The van der Waals surface area contributed by atoms with Crippen LogP contribution in [0.25, 0.3) is 5.65 Å². The molecule has 2 heterocycles. The number of carbonyl (C=O) groups is 1. The van der Waals surface area contributed by atoms with E-state index in [2.05, 4.69) is 20.8 Å². The molecule has 0 radical (unpaired) electrons. The Bertz CT molecular complexity index is 859. The Hall–Kier alpha value is -2.93. The molecular weight excluding hydrogens is 306 g/mol. The number of amides is 2. The number of nitrogens with one attached hydrogen (secondary N) is 2. The smallest absolute Gasteiger partial charge is 0.321 e. The van der Waals surface area contributed by atoms with Gasteiger partial charge in [-0.05, 0) is 35.7 Å². The van der Waals surface area contributed by atoms with E-state index in [9.17, 15) is 4.79 Å². The fourth-order valence-electron chi connectivity index (χ4n) is 2.43. The topological polar surface area (TPSA) is 80.5 Å². The number of carbonyl (C=O) groups excluding carboxylic acids is 1. The zero-order chi connectivity index (χ0) is 16.9. The number of hydrogen-bond donors (Lipinski definition) is 2. The lowest BCUT2D eigenvalue weighted by Crippen LogP contribution is -2.29. The second-order valence-corrected chi connectivity index (χ2v) is 5.47. The first-order chi connectivity index (χ1) is 11.7. The second-order valence-electron chi connectivity index (χ2n) is 5.47. The van der Waals surface area contributed by atoms with E-state index in [1.807, 2.05) is 49.5 Å². The average Bonchev–Trinajstić information content (AvgIpc) is 2.96. The number of aromatic nitrogens is 3. The molecule has 7 nitrogen and oxygen atoms in total. The SMILES string of the molecule is COCc1ccccc1CNC(=O)Nc1nnc2cc(C)ccn12. The number of nitrogens with zero attached hydrogens (tertiary/aromatic N) is 3. The van der Waals surface area contributed by atoms with Crippen LogP contribution < -0.4 is 10.6 Å². The first-order valence-electron chi connectivity index (χ1n) is 7.59. The molecule has 124 valence electrons. The number of pyridine rings is 1. The van der Waals surface area contributed by atoms with Crippen molar-refractivity contribution in [3.63, 3.8) is 0 Å². The van der Waals surface area contributed by atoms with Crippen LogP contribution in [-0.2, 0) is 17.9 Å². The normalized spacial score (nSPS) is 10.8. The van der Waals surface area contributed by atoms with Crippen molar-refractivity contribution >= 4 is 17.6 Å². The number of benzene rings is 1. The largest absolute Gasteiger partial charge is 0.380 e. The molecule has 2 N–H and O–H groups in total. The van der Waals surface area contributed by atoms with E-state index in [0.717, 1.165) is 16.7 Å². The van der Waals surface area contributed by atoms with Crippen LogP contribution in [0.15, 0.2) is 42.6 Å². The molecule has 2 amide bonds. The Kier molecular flexibility index (Phi) is 4.72. The van der Waals surface area contributed by atoms with Gasteiger partial charge in [-0.2, -0.15) is 0 Å². The van der Waals surface area contributed by atoms with Crippen molar-refractivity contribution in [2.45, 2.75) is 20.1 Å². The molecule has 7 heteroatoms. The van der Waals surface area contributed by atoms with E-state index in [1.54, 1.807) is 11.5 Å². The second kappa shape index (κ2) is 7.10. The van der Waals surface area contributed by atoms with E-state index in [1.165, 1.54) is 0 Å². The monoisotopic (exact) mass is 325 g/mol. The maximum atomic E-state index is 12.1. The van der Waals surface area contributed by atoms with Crippen LogP contribution in [0, 0.1) is 6.92 Å². The van der Waals surface area contributed by atoms with Crippen molar-refractivity contribution in [2.24, 2.45) is 0 Å². The highest BCUT2D eigenvalue weighted by molar-refractivity contribution is 5.87. The summed E-state index contributed by atoms with van der Waals surface area (Å²) in [5.74, 6) is 0.382. The molecule has 24 heavy (non-hydrogen) atoms. The van der Waals surface area contributed by atoms with Gasteiger partial charge in [0.2, 0.25) is 5.95 Å². The number of anilines is 1. The zero-order valence-corrected chi connectivity index (χ0v) is 13.6. The quantitative estimate of drug-likeness (QED) is 0.755. The maximum Gasteiger partial charge on any atom is 0.321 e. The molecular formula is C17H19N5O2. The lowest BCUT2D eigenvalue weighted by atomic mass is 10.1. The first kappa shape index (κ1) is 15.9. The number of urea groups is 1. The highest BCUT2D eigenvalue weighted by Gasteiger charge is 2.10. The molecule has 2 aromatic heterocycles. The molecule has 3 rings (SSSR count). The number of fused-ring (bicyclic) bond motifs is 1. The summed E-state index contributed by atoms with van der Waals surface area (Å²) in [7, 11) is 1.65. The van der Waals surface area contributed by atoms with Gasteiger partial charge in [0, 0.05) is 19.9 Å². The van der Waals surface area contributed by atoms with Gasteiger partial charge in [-0.15, -0.1) is 10.2 Å². The number of methoxy groups -OCH3 is 1. The summed E-state index contributed by atoms with van der Waals surface area (Å²) in [5.41, 5.74) is 3.83. The highest BCUT2D eigenvalue weighted by Crippen LogP contribution is 2.11. The Morgan fingerprint density at radius 3 is 2.79 bits per heavy atom. The highest BCUT2D eigenvalue weighted by atomic mass is 16.5. The third-order valence-corrected chi connectivity index (χ3v) is 3.65. The number of aryl methyl sites for hydroxylation is 1.